The maximum Gasteiger partial charge on any atom is 0.233 e. The summed E-state index contributed by atoms with van der Waals surface area (Å²) in [6.07, 6.45) is 0.803. The number of aromatic nitrogens is 1. The zero-order valence-corrected chi connectivity index (χ0v) is 17.8. The fraction of sp³-hybridized carbons (Fsp3) is 0.318. The average molecular weight is 446 g/mol. The summed E-state index contributed by atoms with van der Waals surface area (Å²) in [4.78, 5) is 6.54. The maximum atomic E-state index is 13.3. The molecule has 0 amide bonds. The Hall–Kier alpha value is -2.75. The van der Waals surface area contributed by atoms with Crippen molar-refractivity contribution in [2.24, 2.45) is 0 Å². The van der Waals surface area contributed by atoms with Crippen molar-refractivity contribution in [3.05, 3.63) is 60.4 Å². The van der Waals surface area contributed by atoms with Gasteiger partial charge in [0.05, 0.1) is 18.1 Å². The van der Waals surface area contributed by atoms with Gasteiger partial charge in [0.2, 0.25) is 26.6 Å². The lowest BCUT2D eigenvalue weighted by Gasteiger charge is -2.26. The molecule has 1 aromatic heterocycles. The normalized spacial score (nSPS) is 15.1. The van der Waals surface area contributed by atoms with E-state index in [2.05, 4.69) is 15.2 Å². The Morgan fingerprint density at radius 2 is 1.74 bits per heavy atom. The van der Waals surface area contributed by atoms with Crippen molar-refractivity contribution in [3.63, 3.8) is 0 Å². The second-order valence-corrected chi connectivity index (χ2v) is 9.08. The summed E-state index contributed by atoms with van der Waals surface area (Å²) >= 11 is 0. The third-order valence-electron chi connectivity index (χ3n) is 5.04. The van der Waals surface area contributed by atoms with Crippen LogP contribution < -0.4 is 5.32 Å². The van der Waals surface area contributed by atoms with Crippen LogP contribution in [0.2, 0.25) is 0 Å². The van der Waals surface area contributed by atoms with Gasteiger partial charge in [-0.05, 0) is 49.4 Å². The Bertz CT molecular complexity index is 1100. The monoisotopic (exact) mass is 445 g/mol. The first kappa shape index (κ1) is 21.5. The van der Waals surface area contributed by atoms with Gasteiger partial charge in [-0.25, -0.2) is 12.8 Å². The minimum atomic E-state index is -3.99. The van der Waals surface area contributed by atoms with Crippen molar-refractivity contribution in [3.8, 4) is 11.5 Å². The number of sulfone groups is 1. The highest BCUT2D eigenvalue weighted by Crippen LogP contribution is 2.32. The summed E-state index contributed by atoms with van der Waals surface area (Å²) in [5.74, 6) is -0.215. The van der Waals surface area contributed by atoms with Crippen LogP contribution in [0.5, 0.6) is 0 Å². The first-order valence-corrected chi connectivity index (χ1v) is 11.6. The minimum absolute atomic E-state index is 0.0434. The molecule has 0 bridgehead atoms. The van der Waals surface area contributed by atoms with Gasteiger partial charge in [-0.15, -0.1) is 0 Å². The summed E-state index contributed by atoms with van der Waals surface area (Å²) in [5.41, 5.74) is 0.666. The molecule has 7 nitrogen and oxygen atoms in total. The zero-order chi connectivity index (χ0) is 21.7. The molecule has 31 heavy (non-hydrogen) atoms. The van der Waals surface area contributed by atoms with E-state index in [1.54, 1.807) is 12.1 Å². The van der Waals surface area contributed by atoms with E-state index >= 15 is 0 Å². The SMILES string of the molecule is O=S(=O)(c1ccc(F)cc1)c1nc(-c2ccccc2)oc1NCCCN1CCOCC1. The van der Waals surface area contributed by atoms with E-state index in [4.69, 9.17) is 9.15 Å². The first-order chi connectivity index (χ1) is 15.0. The van der Waals surface area contributed by atoms with E-state index < -0.39 is 15.7 Å². The molecule has 1 aliphatic rings. The lowest BCUT2D eigenvalue weighted by molar-refractivity contribution is 0.0378. The number of oxazole rings is 1. The number of hydrogen-bond donors (Lipinski definition) is 1. The highest BCUT2D eigenvalue weighted by atomic mass is 32.2. The Labute approximate surface area is 180 Å². The van der Waals surface area contributed by atoms with E-state index in [1.165, 1.54) is 12.1 Å². The zero-order valence-electron chi connectivity index (χ0n) is 17.0. The quantitative estimate of drug-likeness (QED) is 0.420. The maximum absolute atomic E-state index is 13.3. The lowest BCUT2D eigenvalue weighted by Crippen LogP contribution is -2.37. The molecule has 2 heterocycles. The number of morpholine rings is 1. The molecule has 1 saturated heterocycles. The highest BCUT2D eigenvalue weighted by molar-refractivity contribution is 7.91. The second-order valence-electron chi connectivity index (χ2n) is 7.21. The standard InChI is InChI=1S/C22H24FN3O4S/c23-18-7-9-19(10-8-18)31(27,28)22-21(24-11-4-12-26-13-15-29-16-14-26)30-20(25-22)17-5-2-1-3-6-17/h1-3,5-10,24H,4,11-16H2. The Morgan fingerprint density at radius 3 is 2.45 bits per heavy atom. The number of nitrogens with one attached hydrogen (secondary N) is 1. The van der Waals surface area contributed by atoms with Gasteiger partial charge < -0.3 is 14.5 Å². The summed E-state index contributed by atoms with van der Waals surface area (Å²) in [6, 6.07) is 13.8. The van der Waals surface area contributed by atoms with Gasteiger partial charge in [0.15, 0.2) is 0 Å². The van der Waals surface area contributed by atoms with Gasteiger partial charge in [-0.2, -0.15) is 4.98 Å². The summed E-state index contributed by atoms with van der Waals surface area (Å²) < 4.78 is 50.8. The number of hydrogen-bond acceptors (Lipinski definition) is 7. The third kappa shape index (κ3) is 5.12. The lowest BCUT2D eigenvalue weighted by atomic mass is 10.2. The predicted molar refractivity (Wildman–Crippen MR) is 114 cm³/mol. The Kier molecular flexibility index (Phi) is 6.64. The fourth-order valence-electron chi connectivity index (χ4n) is 3.36. The van der Waals surface area contributed by atoms with Crippen molar-refractivity contribution >= 4 is 15.7 Å². The minimum Gasteiger partial charge on any atom is -0.419 e. The number of anilines is 1. The Morgan fingerprint density at radius 1 is 1.03 bits per heavy atom. The topological polar surface area (TPSA) is 84.7 Å². The highest BCUT2D eigenvalue weighted by Gasteiger charge is 2.28. The molecule has 1 aliphatic heterocycles. The van der Waals surface area contributed by atoms with Gasteiger partial charge in [0.1, 0.15) is 5.82 Å². The van der Waals surface area contributed by atoms with Crippen molar-refractivity contribution in [1.29, 1.82) is 0 Å². The van der Waals surface area contributed by atoms with Crippen LogP contribution in [0.1, 0.15) is 6.42 Å². The van der Waals surface area contributed by atoms with E-state index in [9.17, 15) is 12.8 Å². The van der Waals surface area contributed by atoms with Crippen LogP contribution in [0.4, 0.5) is 10.3 Å². The molecule has 0 unspecified atom stereocenters. The van der Waals surface area contributed by atoms with Crippen molar-refractivity contribution in [2.45, 2.75) is 16.3 Å². The van der Waals surface area contributed by atoms with Gasteiger partial charge in [-0.3, -0.25) is 4.90 Å². The average Bonchev–Trinajstić information content (AvgIpc) is 3.24. The molecule has 4 rings (SSSR count). The van der Waals surface area contributed by atoms with E-state index in [0.29, 0.717) is 12.1 Å². The molecule has 0 spiro atoms. The molecule has 3 aromatic rings. The summed E-state index contributed by atoms with van der Waals surface area (Å²) in [5, 5.41) is 2.89. The van der Waals surface area contributed by atoms with Crippen LogP contribution in [0.25, 0.3) is 11.5 Å². The van der Waals surface area contributed by atoms with Gasteiger partial charge in [0, 0.05) is 25.2 Å². The van der Waals surface area contributed by atoms with Crippen LogP contribution in [0.15, 0.2) is 68.9 Å². The summed E-state index contributed by atoms with van der Waals surface area (Å²) in [6.45, 7) is 4.64. The molecular weight excluding hydrogens is 421 g/mol. The molecule has 164 valence electrons. The third-order valence-corrected chi connectivity index (χ3v) is 6.71. The second kappa shape index (κ2) is 9.59. The van der Waals surface area contributed by atoms with Crippen LogP contribution in [0.3, 0.4) is 0 Å². The molecule has 0 radical (unpaired) electrons. The van der Waals surface area contributed by atoms with Crippen LogP contribution in [-0.4, -0.2) is 57.7 Å². The summed E-state index contributed by atoms with van der Waals surface area (Å²) in [7, 11) is -3.99. The number of benzene rings is 2. The number of rotatable bonds is 8. The molecule has 0 atom stereocenters. The molecule has 0 saturated carbocycles. The Balaban J connectivity index is 1.56. The van der Waals surface area contributed by atoms with E-state index in [-0.39, 0.29) is 21.7 Å². The molecule has 1 fully saturated rings. The van der Waals surface area contributed by atoms with Gasteiger partial charge >= 0.3 is 0 Å². The first-order valence-electron chi connectivity index (χ1n) is 10.1. The smallest absolute Gasteiger partial charge is 0.233 e. The number of halogens is 1. The van der Waals surface area contributed by atoms with Gasteiger partial charge in [0.25, 0.3) is 0 Å². The largest absolute Gasteiger partial charge is 0.419 e. The van der Waals surface area contributed by atoms with Gasteiger partial charge in [-0.1, -0.05) is 18.2 Å². The molecular formula is C22H24FN3O4S. The van der Waals surface area contributed by atoms with E-state index in [0.717, 1.165) is 51.4 Å². The molecule has 9 heteroatoms. The van der Waals surface area contributed by atoms with Crippen molar-refractivity contribution in [1.82, 2.24) is 9.88 Å². The molecule has 1 N–H and O–H groups in total. The van der Waals surface area contributed by atoms with Crippen LogP contribution in [0, 0.1) is 5.82 Å². The van der Waals surface area contributed by atoms with E-state index in [1.807, 2.05) is 18.2 Å². The van der Waals surface area contributed by atoms with Crippen molar-refractivity contribution < 1.29 is 22.0 Å². The fourth-order valence-corrected chi connectivity index (χ4v) is 4.64. The number of nitrogens with zero attached hydrogens (tertiary/aromatic N) is 2. The molecule has 0 aliphatic carbocycles. The van der Waals surface area contributed by atoms with Crippen molar-refractivity contribution in [2.75, 3.05) is 44.7 Å². The van der Waals surface area contributed by atoms with Crippen LogP contribution >= 0.6 is 0 Å². The predicted octanol–water partition coefficient (Wildman–Crippen LogP) is 3.45. The number of ether oxygens (including phenoxy) is 1. The van der Waals surface area contributed by atoms with Crippen LogP contribution in [-0.2, 0) is 14.6 Å². The molecule has 2 aromatic carbocycles.